The van der Waals surface area contributed by atoms with Crippen LogP contribution in [0.25, 0.3) is 0 Å². The molecule has 3 unspecified atom stereocenters. The summed E-state index contributed by atoms with van der Waals surface area (Å²) >= 11 is 0. The van der Waals surface area contributed by atoms with E-state index in [0.717, 1.165) is 32.1 Å². The highest BCUT2D eigenvalue weighted by molar-refractivity contribution is 5.90. The maximum atomic E-state index is 13.9. The van der Waals surface area contributed by atoms with Crippen molar-refractivity contribution in [2.75, 3.05) is 0 Å². The molecule has 39 heavy (non-hydrogen) atoms. The molecule has 0 amide bonds. The van der Waals surface area contributed by atoms with Gasteiger partial charge in [0.2, 0.25) is 0 Å². The van der Waals surface area contributed by atoms with Gasteiger partial charge in [-0.05, 0) is 104 Å². The van der Waals surface area contributed by atoms with E-state index in [4.69, 9.17) is 4.74 Å². The van der Waals surface area contributed by atoms with E-state index in [9.17, 15) is 4.79 Å². The highest BCUT2D eigenvalue weighted by Crippen LogP contribution is 2.54. The Morgan fingerprint density at radius 3 is 1.49 bits per heavy atom. The van der Waals surface area contributed by atoms with E-state index < -0.39 is 16.6 Å². The molecule has 0 aromatic rings. The first-order chi connectivity index (χ1) is 17.1. The second-order valence-corrected chi connectivity index (χ2v) is 16.7. The third-order valence-corrected chi connectivity index (χ3v) is 12.5. The number of carbonyl (C=O) groups excluding carboxylic acids is 1. The van der Waals surface area contributed by atoms with Crippen LogP contribution in [0.1, 0.15) is 164 Å². The Bertz CT molecular complexity index is 846. The van der Waals surface area contributed by atoms with Gasteiger partial charge in [0.15, 0.2) is 0 Å². The van der Waals surface area contributed by atoms with Crippen molar-refractivity contribution in [1.82, 2.24) is 5.32 Å². The lowest BCUT2D eigenvalue weighted by Crippen LogP contribution is -2.70. The second kappa shape index (κ2) is 11.9. The summed E-state index contributed by atoms with van der Waals surface area (Å²) in [5, 5.41) is 4.14. The highest BCUT2D eigenvalue weighted by atomic mass is 16.5. The maximum Gasteiger partial charge on any atom is 0.147 e. The molecule has 0 spiro atoms. The molecule has 3 heteroatoms. The van der Waals surface area contributed by atoms with Crippen LogP contribution < -0.4 is 5.32 Å². The average molecular weight is 550 g/mol. The van der Waals surface area contributed by atoms with Gasteiger partial charge in [-0.15, -0.1) is 6.58 Å². The van der Waals surface area contributed by atoms with Crippen LogP contribution in [0.15, 0.2) is 12.7 Å². The molecule has 0 fully saturated rings. The fourth-order valence-electron chi connectivity index (χ4n) is 6.45. The molecule has 0 aliphatic carbocycles. The second-order valence-electron chi connectivity index (χ2n) is 16.7. The smallest absolute Gasteiger partial charge is 0.147 e. The summed E-state index contributed by atoms with van der Waals surface area (Å²) in [7, 11) is 0. The minimum atomic E-state index is -0.652. The van der Waals surface area contributed by atoms with Gasteiger partial charge >= 0.3 is 0 Å². The number of rotatable bonds is 17. The standard InChI is InChI=1S/C36H71NO2/c1-21-28(6,7)27(38)35(19,24-4)33(16,17)39-32(14,15)31(12,13)37-36(20,25-5)30(10,11)26-34(18,23-3)29(8,9)22-2/h22,37H,2,21,23-26H2,1,3-20H3. The van der Waals surface area contributed by atoms with E-state index in [0.29, 0.717) is 0 Å². The maximum absolute atomic E-state index is 13.9. The highest BCUT2D eigenvalue weighted by Gasteiger charge is 2.56. The molecule has 0 aromatic heterocycles. The number of allylic oxidation sites excluding steroid dienone is 1. The summed E-state index contributed by atoms with van der Waals surface area (Å²) in [5.74, 6) is 0.287. The SMILES string of the molecule is C=CC(C)(C)C(C)(CC)CC(C)(C)C(C)(CC)NC(C)(C)C(C)(C)OC(C)(C)C(C)(CC)C(=O)C(C)(C)CC. The number of ketones is 1. The molecule has 0 aliphatic rings. The largest absolute Gasteiger partial charge is 0.367 e. The Kier molecular flexibility index (Phi) is 11.7. The summed E-state index contributed by atoms with van der Waals surface area (Å²) in [4.78, 5) is 13.9. The number of hydrogen-bond acceptors (Lipinski definition) is 3. The van der Waals surface area contributed by atoms with Crippen LogP contribution in [0.5, 0.6) is 0 Å². The van der Waals surface area contributed by atoms with Crippen LogP contribution in [0.4, 0.5) is 0 Å². The Morgan fingerprint density at radius 2 is 1.15 bits per heavy atom. The van der Waals surface area contributed by atoms with Crippen molar-refractivity contribution >= 4 is 5.78 Å². The van der Waals surface area contributed by atoms with Crippen molar-refractivity contribution in [2.45, 2.75) is 186 Å². The van der Waals surface area contributed by atoms with Gasteiger partial charge in [0.05, 0.1) is 16.6 Å². The van der Waals surface area contributed by atoms with Crippen LogP contribution in [0.3, 0.4) is 0 Å². The fourth-order valence-corrected chi connectivity index (χ4v) is 6.45. The molecule has 3 atom stereocenters. The molecule has 0 aromatic carbocycles. The van der Waals surface area contributed by atoms with E-state index in [1.165, 1.54) is 0 Å². The van der Waals surface area contributed by atoms with Crippen LogP contribution in [-0.2, 0) is 9.53 Å². The zero-order chi connectivity index (χ0) is 31.7. The van der Waals surface area contributed by atoms with Gasteiger partial charge in [-0.25, -0.2) is 0 Å². The lowest BCUT2D eigenvalue weighted by Gasteiger charge is -2.58. The summed E-state index contributed by atoms with van der Waals surface area (Å²) in [6.07, 6.45) is 6.85. The number of hydrogen-bond donors (Lipinski definition) is 1. The zero-order valence-corrected chi connectivity index (χ0v) is 30.1. The number of nitrogens with one attached hydrogen (secondary N) is 1. The predicted octanol–water partition coefficient (Wildman–Crippen LogP) is 10.6. The lowest BCUT2D eigenvalue weighted by molar-refractivity contribution is -0.212. The Balaban J connectivity index is 6.47. The molecule has 0 saturated heterocycles. The van der Waals surface area contributed by atoms with Crippen LogP contribution in [0, 0.1) is 27.1 Å². The first-order valence-electron chi connectivity index (χ1n) is 15.8. The van der Waals surface area contributed by atoms with Crippen molar-refractivity contribution in [3.63, 3.8) is 0 Å². The molecule has 0 rings (SSSR count). The van der Waals surface area contributed by atoms with E-state index in [1.54, 1.807) is 0 Å². The monoisotopic (exact) mass is 550 g/mol. The minimum Gasteiger partial charge on any atom is -0.367 e. The van der Waals surface area contributed by atoms with Crippen molar-refractivity contribution in [1.29, 1.82) is 0 Å². The summed E-state index contributed by atoms with van der Waals surface area (Å²) < 4.78 is 7.11. The summed E-state index contributed by atoms with van der Waals surface area (Å²) in [6.45, 7) is 46.7. The first-order valence-corrected chi connectivity index (χ1v) is 15.8. The Labute approximate surface area is 246 Å². The molecule has 0 heterocycles. The number of Topliss-reactive ketones (excluding diaryl/α,β-unsaturated/α-hetero) is 1. The van der Waals surface area contributed by atoms with E-state index >= 15 is 0 Å². The van der Waals surface area contributed by atoms with Gasteiger partial charge < -0.3 is 10.1 Å². The summed E-state index contributed by atoms with van der Waals surface area (Å²) in [6, 6.07) is 0. The van der Waals surface area contributed by atoms with Crippen molar-refractivity contribution in [2.24, 2.45) is 27.1 Å². The Morgan fingerprint density at radius 1 is 0.692 bits per heavy atom. The van der Waals surface area contributed by atoms with Crippen molar-refractivity contribution in [3.05, 3.63) is 12.7 Å². The van der Waals surface area contributed by atoms with Gasteiger partial charge in [-0.2, -0.15) is 0 Å². The van der Waals surface area contributed by atoms with Crippen molar-refractivity contribution < 1.29 is 9.53 Å². The topological polar surface area (TPSA) is 38.3 Å². The van der Waals surface area contributed by atoms with E-state index in [-0.39, 0.29) is 38.5 Å². The third-order valence-electron chi connectivity index (χ3n) is 12.5. The fraction of sp³-hybridized carbons (Fsp3) is 0.917. The van der Waals surface area contributed by atoms with Crippen LogP contribution in [-0.4, -0.2) is 28.1 Å². The predicted molar refractivity (Wildman–Crippen MR) is 173 cm³/mol. The van der Waals surface area contributed by atoms with Crippen LogP contribution in [0.2, 0.25) is 0 Å². The molecule has 0 aliphatic heterocycles. The van der Waals surface area contributed by atoms with Gasteiger partial charge in [0, 0.05) is 16.5 Å². The molecule has 3 nitrogen and oxygen atoms in total. The van der Waals surface area contributed by atoms with E-state index in [1.807, 2.05) is 0 Å². The van der Waals surface area contributed by atoms with E-state index in [2.05, 4.69) is 150 Å². The zero-order valence-electron chi connectivity index (χ0n) is 30.1. The number of ether oxygens (including phenoxy) is 1. The normalized spacial score (nSPS) is 19.2. The Hall–Kier alpha value is -0.670. The van der Waals surface area contributed by atoms with Crippen LogP contribution >= 0.6 is 0 Å². The minimum absolute atomic E-state index is 0.00525. The van der Waals surface area contributed by atoms with Gasteiger partial charge in [0.25, 0.3) is 0 Å². The molecule has 232 valence electrons. The molecule has 0 saturated carbocycles. The summed E-state index contributed by atoms with van der Waals surface area (Å²) in [5.41, 5.74) is -2.59. The van der Waals surface area contributed by atoms with Crippen molar-refractivity contribution in [3.8, 4) is 0 Å². The van der Waals surface area contributed by atoms with Gasteiger partial charge in [-0.3, -0.25) is 4.79 Å². The molecule has 0 bridgehead atoms. The number of carbonyl (C=O) groups is 1. The molecular weight excluding hydrogens is 478 g/mol. The molecule has 1 N–H and O–H groups in total. The van der Waals surface area contributed by atoms with Gasteiger partial charge in [-0.1, -0.05) is 82.2 Å². The lowest BCUT2D eigenvalue weighted by atomic mass is 9.55. The quantitative estimate of drug-likeness (QED) is 0.183. The molecule has 0 radical (unpaired) electrons. The third kappa shape index (κ3) is 7.22. The molecular formula is C36H71NO2. The first kappa shape index (κ1) is 38.3. The average Bonchev–Trinajstić information content (AvgIpc) is 2.80. The van der Waals surface area contributed by atoms with Gasteiger partial charge in [0.1, 0.15) is 5.78 Å².